The predicted molar refractivity (Wildman–Crippen MR) is 57.0 cm³/mol. The fraction of sp³-hybridized carbons (Fsp3) is 0.167. The average molecular weight is 187 g/mol. The summed E-state index contributed by atoms with van der Waals surface area (Å²) in [6, 6.07) is 10.2. The van der Waals surface area contributed by atoms with Crippen LogP contribution < -0.4 is 5.48 Å². The molecule has 1 aliphatic rings. The molecule has 1 aliphatic heterocycles. The third-order valence-corrected chi connectivity index (χ3v) is 2.44. The van der Waals surface area contributed by atoms with E-state index in [1.54, 1.807) is 6.26 Å². The van der Waals surface area contributed by atoms with E-state index in [-0.39, 0.29) is 0 Å². The summed E-state index contributed by atoms with van der Waals surface area (Å²) in [5.74, 6) is 0. The second-order valence-electron chi connectivity index (χ2n) is 3.37. The van der Waals surface area contributed by atoms with Gasteiger partial charge in [-0.25, -0.2) is 5.48 Å². The highest BCUT2D eigenvalue weighted by atomic mass is 16.6. The molecule has 2 rings (SSSR count). The van der Waals surface area contributed by atoms with Crippen molar-refractivity contribution in [3.05, 3.63) is 53.4 Å². The zero-order valence-corrected chi connectivity index (χ0v) is 8.37. The molecule has 1 aromatic rings. The molecule has 1 aromatic carbocycles. The van der Waals surface area contributed by atoms with E-state index in [9.17, 15) is 0 Å². The summed E-state index contributed by atoms with van der Waals surface area (Å²) in [6.45, 7) is 4.09. The van der Waals surface area contributed by atoms with Gasteiger partial charge in [0, 0.05) is 11.3 Å². The minimum atomic E-state index is 1.06. The zero-order chi connectivity index (χ0) is 9.97. The van der Waals surface area contributed by atoms with Gasteiger partial charge < -0.3 is 4.84 Å². The van der Waals surface area contributed by atoms with Crippen LogP contribution in [-0.4, -0.2) is 0 Å². The Balaban J connectivity index is 2.41. The van der Waals surface area contributed by atoms with Crippen LogP contribution in [0.4, 0.5) is 0 Å². The minimum Gasteiger partial charge on any atom is -0.390 e. The molecule has 0 radical (unpaired) electrons. The van der Waals surface area contributed by atoms with Crippen molar-refractivity contribution in [1.82, 2.24) is 5.48 Å². The highest BCUT2D eigenvalue weighted by molar-refractivity contribution is 5.78. The van der Waals surface area contributed by atoms with Gasteiger partial charge in [0.1, 0.15) is 6.26 Å². The Morgan fingerprint density at radius 2 is 1.79 bits per heavy atom. The van der Waals surface area contributed by atoms with E-state index < -0.39 is 0 Å². The number of hydrogen-bond acceptors (Lipinski definition) is 2. The van der Waals surface area contributed by atoms with E-state index in [1.165, 1.54) is 11.1 Å². The number of allylic oxidation sites excluding steroid dienone is 3. The summed E-state index contributed by atoms with van der Waals surface area (Å²) in [6.07, 6.45) is 1.75. The number of rotatable bonds is 1. The monoisotopic (exact) mass is 187 g/mol. The van der Waals surface area contributed by atoms with Crippen LogP contribution in [0, 0.1) is 0 Å². The van der Waals surface area contributed by atoms with Gasteiger partial charge >= 0.3 is 0 Å². The molecule has 0 aliphatic carbocycles. The smallest absolute Gasteiger partial charge is 0.127 e. The third-order valence-electron chi connectivity index (χ3n) is 2.44. The molecule has 1 heterocycles. The summed E-state index contributed by atoms with van der Waals surface area (Å²) in [7, 11) is 0. The lowest BCUT2D eigenvalue weighted by molar-refractivity contribution is 0.160. The molecule has 0 amide bonds. The predicted octanol–water partition coefficient (Wildman–Crippen LogP) is 2.86. The largest absolute Gasteiger partial charge is 0.390 e. The van der Waals surface area contributed by atoms with Crippen LogP contribution in [-0.2, 0) is 4.84 Å². The first kappa shape index (κ1) is 8.88. The Morgan fingerprint density at radius 1 is 1.07 bits per heavy atom. The quantitative estimate of drug-likeness (QED) is 0.730. The van der Waals surface area contributed by atoms with Crippen LogP contribution in [0.5, 0.6) is 0 Å². The fourth-order valence-corrected chi connectivity index (χ4v) is 1.45. The maximum Gasteiger partial charge on any atom is 0.127 e. The number of hydroxylamine groups is 1. The summed E-state index contributed by atoms with van der Waals surface area (Å²) < 4.78 is 0. The SMILES string of the molecule is CC1=C(C)C(c2ccccc2)=CON1. The number of benzene rings is 1. The molecule has 0 saturated carbocycles. The Morgan fingerprint density at radius 3 is 2.50 bits per heavy atom. The molecule has 0 spiro atoms. The van der Waals surface area contributed by atoms with E-state index in [0.29, 0.717) is 0 Å². The first-order valence-corrected chi connectivity index (χ1v) is 4.64. The van der Waals surface area contributed by atoms with Gasteiger partial charge in [0.05, 0.1) is 0 Å². The highest BCUT2D eigenvalue weighted by Gasteiger charge is 2.11. The van der Waals surface area contributed by atoms with Crippen LogP contribution in [0.2, 0.25) is 0 Å². The molecule has 0 aromatic heterocycles. The molecule has 0 bridgehead atoms. The molecule has 0 saturated heterocycles. The van der Waals surface area contributed by atoms with Crippen LogP contribution in [0.3, 0.4) is 0 Å². The normalized spacial score (nSPS) is 15.7. The van der Waals surface area contributed by atoms with Gasteiger partial charge in [-0.15, -0.1) is 0 Å². The summed E-state index contributed by atoms with van der Waals surface area (Å²) in [5.41, 5.74) is 7.45. The summed E-state index contributed by atoms with van der Waals surface area (Å²) in [5, 5.41) is 0. The lowest BCUT2D eigenvalue weighted by Crippen LogP contribution is -2.15. The Bertz CT molecular complexity index is 390. The van der Waals surface area contributed by atoms with E-state index >= 15 is 0 Å². The van der Waals surface area contributed by atoms with Crippen molar-refractivity contribution in [2.45, 2.75) is 13.8 Å². The third kappa shape index (κ3) is 1.51. The molecule has 2 heteroatoms. The van der Waals surface area contributed by atoms with Gasteiger partial charge in [0.25, 0.3) is 0 Å². The average Bonchev–Trinajstić information content (AvgIpc) is 2.23. The van der Waals surface area contributed by atoms with Crippen molar-refractivity contribution in [1.29, 1.82) is 0 Å². The van der Waals surface area contributed by atoms with E-state index in [4.69, 9.17) is 4.84 Å². The first-order chi connectivity index (χ1) is 6.79. The van der Waals surface area contributed by atoms with Crippen molar-refractivity contribution in [3.63, 3.8) is 0 Å². The van der Waals surface area contributed by atoms with Gasteiger partial charge in [-0.3, -0.25) is 0 Å². The summed E-state index contributed by atoms with van der Waals surface area (Å²) in [4.78, 5) is 5.15. The molecular weight excluding hydrogens is 174 g/mol. The second kappa shape index (κ2) is 3.58. The zero-order valence-electron chi connectivity index (χ0n) is 8.37. The van der Waals surface area contributed by atoms with Gasteiger partial charge in [-0.05, 0) is 25.0 Å². The maximum absolute atomic E-state index is 5.15. The molecule has 0 unspecified atom stereocenters. The van der Waals surface area contributed by atoms with Crippen LogP contribution in [0.1, 0.15) is 19.4 Å². The molecule has 1 N–H and O–H groups in total. The Labute approximate surface area is 83.9 Å². The van der Waals surface area contributed by atoms with Crippen LogP contribution >= 0.6 is 0 Å². The van der Waals surface area contributed by atoms with Crippen molar-refractivity contribution in [2.24, 2.45) is 0 Å². The number of hydrogen-bond donors (Lipinski definition) is 1. The van der Waals surface area contributed by atoms with Gasteiger partial charge in [0.15, 0.2) is 0 Å². The van der Waals surface area contributed by atoms with E-state index in [2.05, 4.69) is 24.5 Å². The second-order valence-corrected chi connectivity index (χ2v) is 3.37. The highest BCUT2D eigenvalue weighted by Crippen LogP contribution is 2.26. The van der Waals surface area contributed by atoms with E-state index in [0.717, 1.165) is 11.3 Å². The van der Waals surface area contributed by atoms with Gasteiger partial charge in [-0.2, -0.15) is 0 Å². The molecular formula is C12H13NO. The lowest BCUT2D eigenvalue weighted by atomic mass is 9.99. The minimum absolute atomic E-state index is 1.06. The molecule has 14 heavy (non-hydrogen) atoms. The maximum atomic E-state index is 5.15. The van der Waals surface area contributed by atoms with E-state index in [1.807, 2.05) is 25.1 Å². The fourth-order valence-electron chi connectivity index (χ4n) is 1.45. The molecule has 0 fully saturated rings. The van der Waals surface area contributed by atoms with Crippen molar-refractivity contribution < 1.29 is 4.84 Å². The van der Waals surface area contributed by atoms with Gasteiger partial charge in [0.2, 0.25) is 0 Å². The number of nitrogens with one attached hydrogen (secondary N) is 1. The van der Waals surface area contributed by atoms with Crippen molar-refractivity contribution >= 4 is 5.57 Å². The topological polar surface area (TPSA) is 21.3 Å². The van der Waals surface area contributed by atoms with Crippen molar-refractivity contribution in [3.8, 4) is 0 Å². The molecule has 2 nitrogen and oxygen atoms in total. The Hall–Kier alpha value is -1.70. The lowest BCUT2D eigenvalue weighted by Gasteiger charge is -2.18. The van der Waals surface area contributed by atoms with Crippen molar-refractivity contribution in [2.75, 3.05) is 0 Å². The molecule has 0 atom stereocenters. The van der Waals surface area contributed by atoms with Crippen LogP contribution in [0.25, 0.3) is 5.57 Å². The van der Waals surface area contributed by atoms with Crippen LogP contribution in [0.15, 0.2) is 47.9 Å². The first-order valence-electron chi connectivity index (χ1n) is 4.64. The summed E-state index contributed by atoms with van der Waals surface area (Å²) >= 11 is 0. The molecule has 72 valence electrons. The Kier molecular flexibility index (Phi) is 2.27. The van der Waals surface area contributed by atoms with Gasteiger partial charge in [-0.1, -0.05) is 30.3 Å². The standard InChI is InChI=1S/C12H13NO/c1-9-10(2)13-14-8-12(9)11-6-4-3-5-7-11/h3-8,13H,1-2H3.